The van der Waals surface area contributed by atoms with Crippen molar-refractivity contribution in [1.82, 2.24) is 19.3 Å². The zero-order valence-corrected chi connectivity index (χ0v) is 10.6. The van der Waals surface area contributed by atoms with E-state index >= 15 is 0 Å². The van der Waals surface area contributed by atoms with Crippen LogP contribution in [0, 0.1) is 0 Å². The van der Waals surface area contributed by atoms with E-state index in [9.17, 15) is 0 Å². The molecule has 0 aliphatic rings. The van der Waals surface area contributed by atoms with Crippen molar-refractivity contribution in [2.75, 3.05) is 0 Å². The summed E-state index contributed by atoms with van der Waals surface area (Å²) in [7, 11) is 3.92. The minimum absolute atomic E-state index is 0.0879. The van der Waals surface area contributed by atoms with Crippen molar-refractivity contribution in [1.29, 1.82) is 0 Å². The van der Waals surface area contributed by atoms with Gasteiger partial charge in [0.1, 0.15) is 5.82 Å². The van der Waals surface area contributed by atoms with Crippen LogP contribution in [-0.4, -0.2) is 19.3 Å². The first-order chi connectivity index (χ1) is 8.11. The molecule has 2 rings (SSSR count). The first kappa shape index (κ1) is 11.9. The van der Waals surface area contributed by atoms with E-state index in [4.69, 9.17) is 5.73 Å². The summed E-state index contributed by atoms with van der Waals surface area (Å²) in [5.74, 6) is 0.907. The quantitative estimate of drug-likeness (QED) is 0.855. The van der Waals surface area contributed by atoms with Crippen LogP contribution in [0.15, 0.2) is 18.5 Å². The summed E-state index contributed by atoms with van der Waals surface area (Å²) in [5, 5.41) is 4.42. The van der Waals surface area contributed by atoms with Crippen LogP contribution in [0.3, 0.4) is 0 Å². The second kappa shape index (κ2) is 4.71. The fourth-order valence-electron chi connectivity index (χ4n) is 1.99. The summed E-state index contributed by atoms with van der Waals surface area (Å²) in [6.45, 7) is 2.10. The Bertz CT molecular complexity index is 497. The average molecular weight is 233 g/mol. The Morgan fingerprint density at radius 1 is 1.41 bits per heavy atom. The van der Waals surface area contributed by atoms with E-state index in [0.29, 0.717) is 0 Å². The average Bonchev–Trinajstić information content (AvgIpc) is 2.86. The lowest BCUT2D eigenvalue weighted by atomic mass is 10.1. The molecule has 2 heterocycles. The highest BCUT2D eigenvalue weighted by Crippen LogP contribution is 2.14. The summed E-state index contributed by atoms with van der Waals surface area (Å²) in [6.07, 6.45) is 5.39. The first-order valence-electron chi connectivity index (χ1n) is 5.86. The molecule has 17 heavy (non-hydrogen) atoms. The molecule has 0 aliphatic carbocycles. The molecule has 0 bridgehead atoms. The van der Waals surface area contributed by atoms with Gasteiger partial charge in [-0.15, -0.1) is 0 Å². The van der Waals surface area contributed by atoms with E-state index in [1.807, 2.05) is 29.5 Å². The van der Waals surface area contributed by atoms with Crippen LogP contribution >= 0.6 is 0 Å². The van der Waals surface area contributed by atoms with Crippen molar-refractivity contribution >= 4 is 0 Å². The lowest BCUT2D eigenvalue weighted by molar-refractivity contribution is 0.594. The zero-order chi connectivity index (χ0) is 12.4. The molecule has 2 aromatic heterocycles. The van der Waals surface area contributed by atoms with Crippen molar-refractivity contribution < 1.29 is 0 Å². The molecule has 0 aliphatic heterocycles. The van der Waals surface area contributed by atoms with E-state index in [0.717, 1.165) is 30.1 Å². The molecule has 2 N–H and O–H groups in total. The molecular weight excluding hydrogens is 214 g/mol. The molecule has 5 nitrogen and oxygen atoms in total. The van der Waals surface area contributed by atoms with Gasteiger partial charge in [0, 0.05) is 38.6 Å². The van der Waals surface area contributed by atoms with Crippen LogP contribution in [-0.2, 0) is 26.9 Å². The fourth-order valence-corrected chi connectivity index (χ4v) is 1.99. The molecule has 2 aromatic rings. The summed E-state index contributed by atoms with van der Waals surface area (Å²) >= 11 is 0. The molecule has 1 unspecified atom stereocenters. The van der Waals surface area contributed by atoms with Gasteiger partial charge in [-0.2, -0.15) is 5.10 Å². The van der Waals surface area contributed by atoms with Crippen molar-refractivity contribution in [2.24, 2.45) is 19.8 Å². The molecular formula is C12H19N5. The minimum Gasteiger partial charge on any atom is -0.337 e. The van der Waals surface area contributed by atoms with Crippen molar-refractivity contribution in [2.45, 2.75) is 25.8 Å². The van der Waals surface area contributed by atoms with Crippen LogP contribution in [0.1, 0.15) is 30.2 Å². The van der Waals surface area contributed by atoms with E-state index in [2.05, 4.69) is 23.1 Å². The maximum Gasteiger partial charge on any atom is 0.125 e. The van der Waals surface area contributed by atoms with E-state index in [1.165, 1.54) is 0 Å². The van der Waals surface area contributed by atoms with Gasteiger partial charge in [-0.3, -0.25) is 4.68 Å². The maximum atomic E-state index is 6.17. The Kier molecular flexibility index (Phi) is 3.28. The van der Waals surface area contributed by atoms with E-state index in [1.54, 1.807) is 6.20 Å². The molecule has 5 heteroatoms. The molecule has 0 spiro atoms. The number of rotatable bonds is 4. The molecule has 0 amide bonds. The van der Waals surface area contributed by atoms with Gasteiger partial charge >= 0.3 is 0 Å². The van der Waals surface area contributed by atoms with Gasteiger partial charge in [0.15, 0.2) is 0 Å². The van der Waals surface area contributed by atoms with Gasteiger partial charge < -0.3 is 10.3 Å². The highest BCUT2D eigenvalue weighted by atomic mass is 15.3. The summed E-state index contributed by atoms with van der Waals surface area (Å²) in [4.78, 5) is 4.28. The van der Waals surface area contributed by atoms with Crippen LogP contribution in [0.4, 0.5) is 0 Å². The van der Waals surface area contributed by atoms with Gasteiger partial charge in [0.2, 0.25) is 0 Å². The third kappa shape index (κ3) is 2.39. The van der Waals surface area contributed by atoms with Crippen molar-refractivity contribution in [3.63, 3.8) is 0 Å². The standard InChI is InChI=1S/C12H19N5/c1-4-9-7-10(17(3)15-9)8-11(13)12-14-5-6-16(12)2/h5-7,11H,4,8,13H2,1-3H3. The molecule has 92 valence electrons. The number of hydrogen-bond donors (Lipinski definition) is 1. The van der Waals surface area contributed by atoms with Crippen LogP contribution in [0.2, 0.25) is 0 Å². The third-order valence-corrected chi connectivity index (χ3v) is 3.01. The molecule has 0 saturated carbocycles. The lowest BCUT2D eigenvalue weighted by Gasteiger charge is -2.11. The van der Waals surface area contributed by atoms with Gasteiger partial charge in [-0.25, -0.2) is 4.98 Å². The van der Waals surface area contributed by atoms with Gasteiger partial charge in [0.05, 0.1) is 11.7 Å². The van der Waals surface area contributed by atoms with Crippen molar-refractivity contribution in [3.05, 3.63) is 35.7 Å². The number of nitrogens with zero attached hydrogens (tertiary/aromatic N) is 4. The Hall–Kier alpha value is -1.62. The lowest BCUT2D eigenvalue weighted by Crippen LogP contribution is -2.19. The molecule has 0 radical (unpaired) electrons. The minimum atomic E-state index is -0.0879. The first-order valence-corrected chi connectivity index (χ1v) is 5.86. The predicted molar refractivity (Wildman–Crippen MR) is 66.4 cm³/mol. The Balaban J connectivity index is 2.15. The number of nitrogens with two attached hydrogens (primary N) is 1. The second-order valence-corrected chi connectivity index (χ2v) is 4.31. The Morgan fingerprint density at radius 2 is 2.18 bits per heavy atom. The molecule has 0 fully saturated rings. The zero-order valence-electron chi connectivity index (χ0n) is 10.6. The number of aryl methyl sites for hydroxylation is 3. The molecule has 0 aromatic carbocycles. The van der Waals surface area contributed by atoms with Crippen LogP contribution < -0.4 is 5.73 Å². The van der Waals surface area contributed by atoms with E-state index in [-0.39, 0.29) is 6.04 Å². The topological polar surface area (TPSA) is 61.7 Å². The number of imidazole rings is 1. The van der Waals surface area contributed by atoms with E-state index < -0.39 is 0 Å². The molecule has 1 atom stereocenters. The van der Waals surface area contributed by atoms with Crippen LogP contribution in [0.5, 0.6) is 0 Å². The largest absolute Gasteiger partial charge is 0.337 e. The number of aromatic nitrogens is 4. The highest BCUT2D eigenvalue weighted by Gasteiger charge is 2.14. The van der Waals surface area contributed by atoms with Crippen molar-refractivity contribution in [3.8, 4) is 0 Å². The summed E-state index contributed by atoms with van der Waals surface area (Å²) in [5.41, 5.74) is 8.42. The SMILES string of the molecule is CCc1cc(CC(N)c2nccn2C)n(C)n1. The highest BCUT2D eigenvalue weighted by molar-refractivity contribution is 5.13. The number of hydrogen-bond acceptors (Lipinski definition) is 3. The predicted octanol–water partition coefficient (Wildman–Crippen LogP) is 0.958. The monoisotopic (exact) mass is 233 g/mol. The third-order valence-electron chi connectivity index (χ3n) is 3.01. The fraction of sp³-hybridized carbons (Fsp3) is 0.500. The maximum absolute atomic E-state index is 6.17. The normalized spacial score (nSPS) is 12.9. The van der Waals surface area contributed by atoms with Gasteiger partial charge in [-0.05, 0) is 12.5 Å². The summed E-state index contributed by atoms with van der Waals surface area (Å²) in [6, 6.07) is 2.03. The van der Waals surface area contributed by atoms with Gasteiger partial charge in [0.25, 0.3) is 0 Å². The molecule has 0 saturated heterocycles. The van der Waals surface area contributed by atoms with Gasteiger partial charge in [-0.1, -0.05) is 6.92 Å². The Labute approximate surface area is 101 Å². The second-order valence-electron chi connectivity index (χ2n) is 4.31. The summed E-state index contributed by atoms with van der Waals surface area (Å²) < 4.78 is 3.86. The smallest absolute Gasteiger partial charge is 0.125 e. The Morgan fingerprint density at radius 3 is 2.71 bits per heavy atom. The van der Waals surface area contributed by atoms with Crippen LogP contribution in [0.25, 0.3) is 0 Å².